The van der Waals surface area contributed by atoms with Crippen LogP contribution in [0.1, 0.15) is 74.3 Å². The Balaban J connectivity index is 1.19. The predicted molar refractivity (Wildman–Crippen MR) is 148 cm³/mol. The number of piperidine rings is 1. The minimum atomic E-state index is -2.82. The summed E-state index contributed by atoms with van der Waals surface area (Å²) in [6, 6.07) is 11.2. The molecule has 2 aromatic heterocycles. The molecule has 3 aromatic rings. The summed E-state index contributed by atoms with van der Waals surface area (Å²) < 4.78 is 31.0. The molecule has 0 N–H and O–H groups in total. The summed E-state index contributed by atoms with van der Waals surface area (Å²) in [5, 5.41) is 5.44. The van der Waals surface area contributed by atoms with Crippen molar-refractivity contribution in [1.29, 1.82) is 0 Å². The Hall–Kier alpha value is -3.07. The normalized spacial score (nSPS) is 21.2. The highest BCUT2D eigenvalue weighted by molar-refractivity contribution is 6.05. The van der Waals surface area contributed by atoms with Gasteiger partial charge in [-0.05, 0) is 74.9 Å². The van der Waals surface area contributed by atoms with Gasteiger partial charge >= 0.3 is 6.61 Å². The number of aromatic nitrogens is 3. The second-order valence-electron chi connectivity index (χ2n) is 11.1. The van der Waals surface area contributed by atoms with Gasteiger partial charge in [0.15, 0.2) is 11.4 Å². The van der Waals surface area contributed by atoms with Gasteiger partial charge in [0.25, 0.3) is 0 Å². The van der Waals surface area contributed by atoms with E-state index in [1.165, 1.54) is 32.1 Å². The summed E-state index contributed by atoms with van der Waals surface area (Å²) in [6.07, 6.45) is 8.59. The number of pyridine rings is 1. The molecule has 0 amide bonds. The summed E-state index contributed by atoms with van der Waals surface area (Å²) in [4.78, 5) is 23.1. The van der Waals surface area contributed by atoms with Crippen LogP contribution in [0, 0.1) is 5.92 Å². The number of anilines is 1. The van der Waals surface area contributed by atoms with E-state index in [4.69, 9.17) is 4.98 Å². The second-order valence-corrected chi connectivity index (χ2v) is 11.1. The number of ketones is 1. The van der Waals surface area contributed by atoms with Crippen molar-refractivity contribution in [3.63, 3.8) is 0 Å². The molecule has 0 radical (unpaired) electrons. The van der Waals surface area contributed by atoms with Crippen LogP contribution in [0.5, 0.6) is 5.75 Å². The van der Waals surface area contributed by atoms with Crippen LogP contribution in [0.3, 0.4) is 0 Å². The van der Waals surface area contributed by atoms with E-state index < -0.39 is 6.61 Å². The molecule has 0 saturated carbocycles. The number of hydrogen-bond acceptors (Lipinski definition) is 6. The molecule has 4 heterocycles. The van der Waals surface area contributed by atoms with Gasteiger partial charge in [0.05, 0.1) is 5.39 Å². The lowest BCUT2D eigenvalue weighted by Gasteiger charge is -2.37. The fourth-order valence-electron chi connectivity index (χ4n) is 6.09. The number of alkyl halides is 2. The third kappa shape index (κ3) is 6.75. The van der Waals surface area contributed by atoms with Crippen LogP contribution in [0.25, 0.3) is 11.0 Å². The van der Waals surface area contributed by atoms with Crippen LogP contribution in [-0.4, -0.2) is 57.7 Å². The average molecular weight is 540 g/mol. The van der Waals surface area contributed by atoms with Crippen molar-refractivity contribution in [2.24, 2.45) is 13.0 Å². The van der Waals surface area contributed by atoms with Gasteiger partial charge in [-0.3, -0.25) is 9.69 Å². The van der Waals surface area contributed by atoms with E-state index in [0.29, 0.717) is 24.1 Å². The number of fused-ring (bicyclic) bond motifs is 1. The molecule has 0 spiro atoms. The van der Waals surface area contributed by atoms with Gasteiger partial charge in [0, 0.05) is 39.1 Å². The Morgan fingerprint density at radius 1 is 1.03 bits per heavy atom. The summed E-state index contributed by atoms with van der Waals surface area (Å²) >= 11 is 0. The first-order valence-corrected chi connectivity index (χ1v) is 14.3. The van der Waals surface area contributed by atoms with E-state index in [2.05, 4.69) is 32.6 Å². The number of ether oxygens (including phenoxy) is 1. The number of rotatable bonds is 8. The number of halogens is 2. The van der Waals surface area contributed by atoms with Gasteiger partial charge in [-0.15, -0.1) is 0 Å². The fourth-order valence-corrected chi connectivity index (χ4v) is 6.09. The van der Waals surface area contributed by atoms with Crippen molar-refractivity contribution >= 4 is 22.6 Å². The lowest BCUT2D eigenvalue weighted by atomic mass is 9.86. The van der Waals surface area contributed by atoms with Crippen molar-refractivity contribution in [2.45, 2.75) is 77.5 Å². The maximum absolute atomic E-state index is 13.4. The largest absolute Gasteiger partial charge is 0.435 e. The van der Waals surface area contributed by atoms with Crippen molar-refractivity contribution in [2.75, 3.05) is 24.5 Å². The Morgan fingerprint density at radius 3 is 2.44 bits per heavy atom. The Morgan fingerprint density at radius 2 is 1.74 bits per heavy atom. The monoisotopic (exact) mass is 539 g/mol. The lowest BCUT2D eigenvalue weighted by Crippen LogP contribution is -2.40. The maximum Gasteiger partial charge on any atom is 0.387 e. The third-order valence-electron chi connectivity index (χ3n) is 8.25. The molecule has 9 heteroatoms. The standard InChI is InChI=1S/C30H39F2N5O2/c1-21-18-23(14-17-37(21)20-22-8-10-24(11-9-22)39-30(31)32)19-26(38)28-25-12-13-27(33-29(25)35(2)34-28)36-15-6-4-3-5-7-16-36/h8-13,21,23,30H,3-7,14-20H2,1-2H3. The lowest BCUT2D eigenvalue weighted by molar-refractivity contribution is -0.0498. The molecule has 2 aliphatic rings. The zero-order valence-corrected chi connectivity index (χ0v) is 23.0. The topological polar surface area (TPSA) is 63.5 Å². The zero-order valence-electron chi connectivity index (χ0n) is 23.0. The zero-order chi connectivity index (χ0) is 27.4. The molecule has 0 bridgehead atoms. The van der Waals surface area contributed by atoms with E-state index in [-0.39, 0.29) is 11.5 Å². The molecule has 0 aliphatic carbocycles. The molecule has 7 nitrogen and oxygen atoms in total. The molecule has 210 valence electrons. The van der Waals surface area contributed by atoms with Crippen molar-refractivity contribution in [3.05, 3.63) is 47.7 Å². The number of nitrogens with zero attached hydrogens (tertiary/aromatic N) is 5. The molecule has 2 unspecified atom stereocenters. The van der Waals surface area contributed by atoms with Crippen LogP contribution in [-0.2, 0) is 13.6 Å². The average Bonchev–Trinajstić information content (AvgIpc) is 3.22. The number of likely N-dealkylation sites (tertiary alicyclic amines) is 1. The van der Waals surface area contributed by atoms with Crippen molar-refractivity contribution in [1.82, 2.24) is 19.7 Å². The van der Waals surface area contributed by atoms with E-state index in [9.17, 15) is 13.6 Å². The number of benzene rings is 1. The minimum Gasteiger partial charge on any atom is -0.435 e. The first-order valence-electron chi connectivity index (χ1n) is 14.3. The SMILES string of the molecule is CC1CC(CC(=O)c2nn(C)c3nc(N4CCCCCCC4)ccc23)CCN1Cc1ccc(OC(F)F)cc1. The van der Waals surface area contributed by atoms with Crippen LogP contribution < -0.4 is 9.64 Å². The Kier molecular flexibility index (Phi) is 8.75. The highest BCUT2D eigenvalue weighted by Crippen LogP contribution is 2.30. The van der Waals surface area contributed by atoms with Crippen LogP contribution in [0.15, 0.2) is 36.4 Å². The highest BCUT2D eigenvalue weighted by atomic mass is 19.3. The molecule has 2 atom stereocenters. The third-order valence-corrected chi connectivity index (χ3v) is 8.25. The number of carbonyl (C=O) groups excluding carboxylic acids is 1. The number of carbonyl (C=O) groups is 1. The van der Waals surface area contributed by atoms with Crippen LogP contribution in [0.2, 0.25) is 0 Å². The summed E-state index contributed by atoms with van der Waals surface area (Å²) in [7, 11) is 1.87. The summed E-state index contributed by atoms with van der Waals surface area (Å²) in [5.41, 5.74) is 2.35. The molecule has 2 aliphatic heterocycles. The first kappa shape index (κ1) is 27.5. The van der Waals surface area contributed by atoms with Gasteiger partial charge in [0.1, 0.15) is 17.3 Å². The maximum atomic E-state index is 13.4. The molecular weight excluding hydrogens is 500 g/mol. The van der Waals surface area contributed by atoms with Gasteiger partial charge < -0.3 is 9.64 Å². The van der Waals surface area contributed by atoms with Gasteiger partial charge in [0.2, 0.25) is 0 Å². The predicted octanol–water partition coefficient (Wildman–Crippen LogP) is 6.21. The molecule has 2 fully saturated rings. The Bertz CT molecular complexity index is 1250. The Labute approximate surface area is 229 Å². The molecule has 1 aromatic carbocycles. The van der Waals surface area contributed by atoms with Crippen molar-refractivity contribution in [3.8, 4) is 5.75 Å². The minimum absolute atomic E-state index is 0.0849. The van der Waals surface area contributed by atoms with E-state index in [0.717, 1.165) is 61.4 Å². The number of aryl methyl sites for hydroxylation is 1. The molecule has 5 rings (SSSR count). The second kappa shape index (κ2) is 12.4. The van der Waals surface area contributed by atoms with Crippen LogP contribution >= 0.6 is 0 Å². The fraction of sp³-hybridized carbons (Fsp3) is 0.567. The van der Waals surface area contributed by atoms with Gasteiger partial charge in [-0.2, -0.15) is 13.9 Å². The quantitative estimate of drug-likeness (QED) is 0.317. The van der Waals surface area contributed by atoms with Crippen LogP contribution in [0.4, 0.5) is 14.6 Å². The first-order chi connectivity index (χ1) is 18.9. The smallest absolute Gasteiger partial charge is 0.387 e. The number of hydrogen-bond donors (Lipinski definition) is 0. The van der Waals surface area contributed by atoms with E-state index in [1.807, 2.05) is 25.2 Å². The van der Waals surface area contributed by atoms with Crippen molar-refractivity contribution < 1.29 is 18.3 Å². The van der Waals surface area contributed by atoms with E-state index in [1.54, 1.807) is 16.8 Å². The highest BCUT2D eigenvalue weighted by Gasteiger charge is 2.29. The molecule has 2 saturated heterocycles. The molecular formula is C30H39F2N5O2. The van der Waals surface area contributed by atoms with Gasteiger partial charge in [-0.25, -0.2) is 9.67 Å². The molecule has 39 heavy (non-hydrogen) atoms. The van der Waals surface area contributed by atoms with E-state index >= 15 is 0 Å². The number of Topliss-reactive ketones (excluding diaryl/α,β-unsaturated/α-hetero) is 1. The van der Waals surface area contributed by atoms with Gasteiger partial charge in [-0.1, -0.05) is 31.4 Å². The summed E-state index contributed by atoms with van der Waals surface area (Å²) in [6.45, 7) is 3.06. The summed E-state index contributed by atoms with van der Waals surface area (Å²) in [5.74, 6) is 1.53.